The molecule has 11 heteroatoms. The maximum Gasteiger partial charge on any atom is 0.356 e. The molecule has 0 bridgehead atoms. The topological polar surface area (TPSA) is 114 Å². The Morgan fingerprint density at radius 3 is 1.74 bits per heavy atom. The zero-order valence-electron chi connectivity index (χ0n) is 28.4. The van der Waals surface area contributed by atoms with Crippen molar-refractivity contribution in [3.8, 4) is 0 Å². The van der Waals surface area contributed by atoms with E-state index < -0.39 is 23.5 Å². The minimum Gasteiger partial charge on any atom is -0.448 e. The smallest absolute Gasteiger partial charge is 0.356 e. The van der Waals surface area contributed by atoms with E-state index in [-0.39, 0.29) is 21.6 Å². The molecule has 1 unspecified atom stereocenters. The molecule has 0 aliphatic carbocycles. The van der Waals surface area contributed by atoms with E-state index in [0.29, 0.717) is 10.8 Å². The van der Waals surface area contributed by atoms with Gasteiger partial charge in [-0.25, -0.2) is 4.79 Å². The summed E-state index contributed by atoms with van der Waals surface area (Å²) in [7, 11) is 0. The predicted octanol–water partition coefficient (Wildman–Crippen LogP) is 7.78. The summed E-state index contributed by atoms with van der Waals surface area (Å²) in [4.78, 5) is 30.7. The molecule has 3 atom stereocenters. The number of ether oxygens (including phenoxy) is 1. The molecule has 2 aliphatic heterocycles. The number of aromatic nitrogens is 3. The standard InChI is InChI=1S/C42H35N5O3S3/c43-35-38(48)47-36(40(49)50-37(28-16-6-1-7-17-28)29-18-8-2-9-19-29)33(27-51-39(35)47)52-41(53-34-26-44-46-45-34)42(30-20-10-3-11-21-30,31-22-12-4-13-23-31)32-24-14-5-15-25-32/h1-26,35,37,39,41H,27,43H2,(H,44,45,46)/t35-,39+,41?/m1/s1. The Morgan fingerprint density at radius 2 is 1.26 bits per heavy atom. The van der Waals surface area contributed by atoms with Crippen LogP contribution in [0.2, 0.25) is 0 Å². The van der Waals surface area contributed by atoms with Gasteiger partial charge in [-0.3, -0.25) is 14.8 Å². The first-order valence-corrected chi connectivity index (χ1v) is 20.0. The molecule has 6 aromatic rings. The van der Waals surface area contributed by atoms with Gasteiger partial charge in [0.2, 0.25) is 5.91 Å². The second-order valence-electron chi connectivity index (χ2n) is 12.6. The summed E-state index contributed by atoms with van der Waals surface area (Å²) in [6.45, 7) is 0. The fourth-order valence-electron chi connectivity index (χ4n) is 7.01. The number of aromatic amines is 1. The van der Waals surface area contributed by atoms with Crippen LogP contribution in [-0.2, 0) is 19.7 Å². The molecule has 1 fully saturated rings. The molecule has 53 heavy (non-hydrogen) atoms. The maximum absolute atomic E-state index is 14.8. The van der Waals surface area contributed by atoms with Gasteiger partial charge in [0.1, 0.15) is 22.1 Å². The van der Waals surface area contributed by atoms with Gasteiger partial charge in [0.15, 0.2) is 6.10 Å². The Hall–Kier alpha value is -5.07. The molecular formula is C42H35N5O3S3. The van der Waals surface area contributed by atoms with Gasteiger partial charge in [0.25, 0.3) is 0 Å². The normalized spacial score (nSPS) is 17.6. The zero-order valence-corrected chi connectivity index (χ0v) is 30.8. The largest absolute Gasteiger partial charge is 0.448 e. The third kappa shape index (κ3) is 6.70. The molecule has 1 amide bonds. The van der Waals surface area contributed by atoms with Crippen molar-refractivity contribution >= 4 is 47.2 Å². The van der Waals surface area contributed by atoms with Crippen LogP contribution in [0.1, 0.15) is 33.9 Å². The third-order valence-corrected chi connectivity index (χ3v) is 13.8. The first kappa shape index (κ1) is 35.0. The van der Waals surface area contributed by atoms with Crippen molar-refractivity contribution in [1.29, 1.82) is 0 Å². The van der Waals surface area contributed by atoms with Gasteiger partial charge < -0.3 is 10.5 Å². The number of nitrogens with zero attached hydrogens (tertiary/aromatic N) is 3. The van der Waals surface area contributed by atoms with Crippen LogP contribution in [0.25, 0.3) is 0 Å². The van der Waals surface area contributed by atoms with Crippen LogP contribution in [0, 0.1) is 0 Å². The molecule has 1 saturated heterocycles. The molecule has 0 saturated carbocycles. The number of β-lactam (4-membered cyclic amide) rings is 1. The first-order chi connectivity index (χ1) is 26.1. The van der Waals surface area contributed by atoms with Gasteiger partial charge in [-0.15, -0.1) is 28.6 Å². The van der Waals surface area contributed by atoms with E-state index in [2.05, 4.69) is 88.2 Å². The van der Waals surface area contributed by atoms with E-state index in [1.165, 1.54) is 0 Å². The Labute approximate surface area is 320 Å². The minimum atomic E-state index is -0.770. The van der Waals surface area contributed by atoms with E-state index in [1.54, 1.807) is 46.4 Å². The van der Waals surface area contributed by atoms with E-state index in [9.17, 15) is 9.59 Å². The molecule has 3 heterocycles. The number of nitrogens with one attached hydrogen (secondary N) is 1. The lowest BCUT2D eigenvalue weighted by Crippen LogP contribution is -2.68. The predicted molar refractivity (Wildman–Crippen MR) is 212 cm³/mol. The van der Waals surface area contributed by atoms with Crippen molar-refractivity contribution in [2.75, 3.05) is 5.75 Å². The summed E-state index contributed by atoms with van der Waals surface area (Å²) < 4.78 is 6.11. The number of amides is 1. The van der Waals surface area contributed by atoms with E-state index >= 15 is 0 Å². The average Bonchev–Trinajstić information content (AvgIpc) is 3.75. The van der Waals surface area contributed by atoms with Gasteiger partial charge in [0.05, 0.1) is 16.2 Å². The number of benzene rings is 5. The number of hydrogen-bond acceptors (Lipinski definition) is 9. The summed E-state index contributed by atoms with van der Waals surface area (Å²) in [5.41, 5.74) is 10.6. The molecule has 8 rings (SSSR count). The number of carbonyl (C=O) groups is 2. The van der Waals surface area contributed by atoms with Gasteiger partial charge in [0, 0.05) is 10.7 Å². The molecule has 5 aromatic carbocycles. The highest BCUT2D eigenvalue weighted by molar-refractivity contribution is 8.19. The van der Waals surface area contributed by atoms with Gasteiger partial charge in [-0.05, 0) is 27.8 Å². The van der Waals surface area contributed by atoms with Crippen LogP contribution in [-0.4, -0.2) is 53.9 Å². The molecule has 3 N–H and O–H groups in total. The van der Waals surface area contributed by atoms with E-state index in [1.807, 2.05) is 78.9 Å². The second-order valence-corrected chi connectivity index (χ2v) is 16.3. The number of rotatable bonds is 12. The number of hydrogen-bond donors (Lipinski definition) is 2. The molecular weight excluding hydrogens is 719 g/mol. The van der Waals surface area contributed by atoms with E-state index in [4.69, 9.17) is 10.5 Å². The van der Waals surface area contributed by atoms with Crippen LogP contribution in [0.3, 0.4) is 0 Å². The number of carbonyl (C=O) groups excluding carboxylic acids is 2. The number of fused-ring (bicyclic) bond motifs is 1. The van der Waals surface area contributed by atoms with Gasteiger partial charge >= 0.3 is 5.97 Å². The quantitative estimate of drug-likeness (QED) is 0.0425. The highest BCUT2D eigenvalue weighted by atomic mass is 32.2. The maximum atomic E-state index is 14.8. The fraction of sp³-hybridized carbons (Fsp3) is 0.143. The average molecular weight is 754 g/mol. The molecule has 2 aliphatic rings. The van der Waals surface area contributed by atoms with Crippen LogP contribution >= 0.6 is 35.3 Å². The Balaban J connectivity index is 1.31. The minimum absolute atomic E-state index is 0.233. The van der Waals surface area contributed by atoms with Crippen molar-refractivity contribution in [2.45, 2.75) is 32.5 Å². The SMILES string of the molecule is N[C@@H]1C(=O)N2C(C(=O)OC(c3ccccc3)c3ccccc3)=C(SC(Sc3c[nH]nn3)C(c3ccccc3)(c3ccccc3)c3ccccc3)CS[C@@H]12. The summed E-state index contributed by atoms with van der Waals surface area (Å²) >= 11 is 4.68. The lowest BCUT2D eigenvalue weighted by Gasteiger charge is -2.49. The molecule has 8 nitrogen and oxygen atoms in total. The van der Waals surface area contributed by atoms with Gasteiger partial charge in [-0.1, -0.05) is 169 Å². The monoisotopic (exact) mass is 753 g/mol. The first-order valence-electron chi connectivity index (χ1n) is 17.2. The van der Waals surface area contributed by atoms with E-state index in [0.717, 1.165) is 32.7 Å². The lowest BCUT2D eigenvalue weighted by atomic mass is 9.70. The van der Waals surface area contributed by atoms with Crippen LogP contribution < -0.4 is 5.73 Å². The number of esters is 1. The van der Waals surface area contributed by atoms with Crippen LogP contribution in [0.15, 0.2) is 173 Å². The number of H-pyrrole nitrogens is 1. The summed E-state index contributed by atoms with van der Waals surface area (Å²) in [5, 5.41) is 11.7. The molecule has 0 radical (unpaired) electrons. The van der Waals surface area contributed by atoms with Crippen molar-refractivity contribution in [3.63, 3.8) is 0 Å². The summed E-state index contributed by atoms with van der Waals surface area (Å²) in [6.07, 6.45) is 1.08. The lowest BCUT2D eigenvalue weighted by molar-refractivity contribution is -0.152. The van der Waals surface area contributed by atoms with Crippen molar-refractivity contribution in [1.82, 2.24) is 20.3 Å². The Bertz CT molecular complexity index is 2060. The van der Waals surface area contributed by atoms with Crippen LogP contribution in [0.4, 0.5) is 0 Å². The Kier molecular flexibility index (Phi) is 10.2. The van der Waals surface area contributed by atoms with Crippen molar-refractivity contribution in [3.05, 3.63) is 196 Å². The van der Waals surface area contributed by atoms with Crippen LogP contribution in [0.5, 0.6) is 0 Å². The summed E-state index contributed by atoms with van der Waals surface area (Å²) in [5.74, 6) is -0.418. The summed E-state index contributed by atoms with van der Waals surface area (Å²) in [6, 6.07) is 49.8. The third-order valence-electron chi connectivity index (χ3n) is 9.51. The molecule has 1 aromatic heterocycles. The number of thioether (sulfide) groups is 3. The Morgan fingerprint density at radius 1 is 0.774 bits per heavy atom. The number of nitrogens with two attached hydrogens (primary N) is 1. The highest BCUT2D eigenvalue weighted by Gasteiger charge is 2.54. The van der Waals surface area contributed by atoms with Crippen molar-refractivity contribution < 1.29 is 14.3 Å². The van der Waals surface area contributed by atoms with Crippen molar-refractivity contribution in [2.24, 2.45) is 5.73 Å². The zero-order chi connectivity index (χ0) is 36.2. The second kappa shape index (κ2) is 15.5. The molecule has 0 spiro atoms. The fourth-order valence-corrected chi connectivity index (χ4v) is 11.6. The van der Waals surface area contributed by atoms with Gasteiger partial charge in [-0.2, -0.15) is 0 Å². The highest BCUT2D eigenvalue weighted by Crippen LogP contribution is 2.56. The molecule has 264 valence electrons.